The van der Waals surface area contributed by atoms with Gasteiger partial charge in [0.1, 0.15) is 12.4 Å². The Hall–Kier alpha value is -3.00. The van der Waals surface area contributed by atoms with Crippen LogP contribution in [-0.2, 0) is 11.2 Å². The first-order chi connectivity index (χ1) is 16.0. The van der Waals surface area contributed by atoms with Gasteiger partial charge >= 0.3 is 0 Å². The molecule has 1 amide bonds. The van der Waals surface area contributed by atoms with Crippen LogP contribution in [0.2, 0.25) is 0 Å². The quantitative estimate of drug-likeness (QED) is 0.448. The minimum Gasteiger partial charge on any atom is -0.493 e. The zero-order valence-electron chi connectivity index (χ0n) is 18.6. The molecule has 176 valence electrons. The van der Waals surface area contributed by atoms with Gasteiger partial charge in [0.05, 0.1) is 12.8 Å². The highest BCUT2D eigenvalue weighted by Gasteiger charge is 2.26. The van der Waals surface area contributed by atoms with Crippen LogP contribution in [0.25, 0.3) is 6.08 Å². The second-order valence-electron chi connectivity index (χ2n) is 8.25. The summed E-state index contributed by atoms with van der Waals surface area (Å²) in [5.41, 5.74) is 1.29. The van der Waals surface area contributed by atoms with E-state index < -0.39 is 23.4 Å². The fraction of sp³-hybridized carbons (Fsp3) is 0.400. The summed E-state index contributed by atoms with van der Waals surface area (Å²) in [6, 6.07) is 4.96. The van der Waals surface area contributed by atoms with Crippen molar-refractivity contribution in [2.24, 2.45) is 0 Å². The van der Waals surface area contributed by atoms with E-state index in [-0.39, 0.29) is 5.56 Å². The maximum Gasteiger partial charge on any atom is 0.251 e. The lowest BCUT2D eigenvalue weighted by Gasteiger charge is -2.26. The third kappa shape index (κ3) is 5.33. The molecular formula is C25H27F3N2O3. The molecule has 0 bridgehead atoms. The lowest BCUT2D eigenvalue weighted by Crippen LogP contribution is -2.33. The van der Waals surface area contributed by atoms with Crippen LogP contribution in [0.15, 0.2) is 30.3 Å². The van der Waals surface area contributed by atoms with Crippen molar-refractivity contribution in [3.63, 3.8) is 0 Å². The number of benzene rings is 2. The van der Waals surface area contributed by atoms with Crippen molar-refractivity contribution in [1.82, 2.24) is 4.90 Å². The van der Waals surface area contributed by atoms with Gasteiger partial charge < -0.3 is 14.4 Å². The highest BCUT2D eigenvalue weighted by Crippen LogP contribution is 2.39. The molecule has 33 heavy (non-hydrogen) atoms. The smallest absolute Gasteiger partial charge is 0.251 e. The molecular weight excluding hydrogens is 433 g/mol. The molecule has 2 aliphatic rings. The number of methoxy groups -OCH3 is 1. The number of rotatable bonds is 7. The van der Waals surface area contributed by atoms with Gasteiger partial charge in [-0.1, -0.05) is 6.42 Å². The number of ether oxygens (including phenoxy) is 2. The van der Waals surface area contributed by atoms with Crippen LogP contribution in [0.5, 0.6) is 11.5 Å². The molecule has 0 aliphatic carbocycles. The van der Waals surface area contributed by atoms with Crippen molar-refractivity contribution < 1.29 is 27.4 Å². The summed E-state index contributed by atoms with van der Waals surface area (Å²) in [5.74, 6) is -2.67. The number of fused-ring (bicyclic) bond motifs is 1. The normalized spacial score (nSPS) is 16.3. The first kappa shape index (κ1) is 23.2. The average molecular weight is 460 g/mol. The predicted octanol–water partition coefficient (Wildman–Crippen LogP) is 4.58. The van der Waals surface area contributed by atoms with Gasteiger partial charge in [0.25, 0.3) is 5.91 Å². The van der Waals surface area contributed by atoms with Crippen LogP contribution >= 0.6 is 0 Å². The Balaban J connectivity index is 1.48. The number of carbonyl (C=O) groups is 1. The largest absolute Gasteiger partial charge is 0.493 e. The zero-order valence-corrected chi connectivity index (χ0v) is 18.6. The van der Waals surface area contributed by atoms with Crippen molar-refractivity contribution in [3.05, 3.63) is 58.9 Å². The van der Waals surface area contributed by atoms with Gasteiger partial charge in [-0.15, -0.1) is 0 Å². The first-order valence-electron chi connectivity index (χ1n) is 11.2. The van der Waals surface area contributed by atoms with Crippen LogP contribution in [0.3, 0.4) is 0 Å². The number of halogens is 3. The number of carbonyl (C=O) groups excluding carboxylic acids is 1. The number of hydrogen-bond acceptors (Lipinski definition) is 4. The SMILES string of the molecule is COc1cc2c(cc1OCCN1CCCCC1)N(C(=O)/C=C/c1cc(F)cc(F)c1F)CC2. The van der Waals surface area contributed by atoms with Gasteiger partial charge in [-0.3, -0.25) is 9.69 Å². The number of amides is 1. The lowest BCUT2D eigenvalue weighted by molar-refractivity contribution is -0.114. The van der Waals surface area contributed by atoms with Gasteiger partial charge in [-0.05, 0) is 56.1 Å². The second kappa shape index (κ2) is 10.3. The zero-order chi connectivity index (χ0) is 23.4. The molecule has 1 fully saturated rings. The summed E-state index contributed by atoms with van der Waals surface area (Å²) in [7, 11) is 1.58. The number of anilines is 1. The van der Waals surface area contributed by atoms with Crippen LogP contribution in [-0.4, -0.2) is 50.7 Å². The lowest BCUT2D eigenvalue weighted by atomic mass is 10.1. The van der Waals surface area contributed by atoms with Crippen LogP contribution in [0, 0.1) is 17.5 Å². The minimum absolute atomic E-state index is 0.322. The molecule has 8 heteroatoms. The Morgan fingerprint density at radius 3 is 2.58 bits per heavy atom. The van der Waals surface area contributed by atoms with Crippen molar-refractivity contribution in [1.29, 1.82) is 0 Å². The van der Waals surface area contributed by atoms with Gasteiger partial charge in [0.15, 0.2) is 23.1 Å². The first-order valence-corrected chi connectivity index (χ1v) is 11.2. The molecule has 1 saturated heterocycles. The molecule has 0 aromatic heterocycles. The second-order valence-corrected chi connectivity index (χ2v) is 8.25. The van der Waals surface area contributed by atoms with Crippen molar-refractivity contribution >= 4 is 17.7 Å². The monoisotopic (exact) mass is 460 g/mol. The Kier molecular flexibility index (Phi) is 7.23. The van der Waals surface area contributed by atoms with E-state index in [2.05, 4.69) is 4.90 Å². The molecule has 4 rings (SSSR count). The van der Waals surface area contributed by atoms with E-state index in [0.29, 0.717) is 42.8 Å². The maximum absolute atomic E-state index is 13.9. The topological polar surface area (TPSA) is 42.0 Å². The van der Waals surface area contributed by atoms with Crippen molar-refractivity contribution in [3.8, 4) is 11.5 Å². The van der Waals surface area contributed by atoms with Crippen molar-refractivity contribution in [2.75, 3.05) is 44.8 Å². The molecule has 2 aromatic rings. The summed E-state index contributed by atoms with van der Waals surface area (Å²) >= 11 is 0. The molecule has 0 saturated carbocycles. The average Bonchev–Trinajstić information content (AvgIpc) is 3.23. The molecule has 2 aliphatic heterocycles. The van der Waals surface area contributed by atoms with E-state index in [1.807, 2.05) is 6.07 Å². The van der Waals surface area contributed by atoms with Gasteiger partial charge in [0, 0.05) is 36.9 Å². The fourth-order valence-corrected chi connectivity index (χ4v) is 4.31. The van der Waals surface area contributed by atoms with E-state index in [1.165, 1.54) is 24.2 Å². The molecule has 0 unspecified atom stereocenters. The van der Waals surface area contributed by atoms with Gasteiger partial charge in [0.2, 0.25) is 0 Å². The van der Waals surface area contributed by atoms with E-state index in [1.54, 1.807) is 13.2 Å². The molecule has 0 spiro atoms. The van der Waals surface area contributed by atoms with Crippen molar-refractivity contribution in [2.45, 2.75) is 25.7 Å². The summed E-state index contributed by atoms with van der Waals surface area (Å²) in [6.07, 6.45) is 6.52. The number of likely N-dealkylation sites (tertiary alicyclic amines) is 1. The minimum atomic E-state index is -1.30. The van der Waals surface area contributed by atoms with Gasteiger partial charge in [-0.25, -0.2) is 13.2 Å². The Bertz CT molecular complexity index is 1050. The van der Waals surface area contributed by atoms with Crippen LogP contribution in [0.1, 0.15) is 30.4 Å². The van der Waals surface area contributed by atoms with E-state index >= 15 is 0 Å². The summed E-state index contributed by atoms with van der Waals surface area (Å²) in [6.45, 7) is 3.91. The third-order valence-electron chi connectivity index (χ3n) is 6.07. The van der Waals surface area contributed by atoms with E-state index in [9.17, 15) is 18.0 Å². The highest BCUT2D eigenvalue weighted by atomic mass is 19.2. The standard InChI is InChI=1S/C25H27F3N2O3/c1-32-22-14-17-7-10-30(24(31)6-5-18-13-19(26)15-20(27)25(18)28)21(17)16-23(22)33-12-11-29-8-3-2-4-9-29/h5-6,13-16H,2-4,7-12H2,1H3/b6-5+. The number of piperidine rings is 1. The molecule has 0 N–H and O–H groups in total. The molecule has 0 atom stereocenters. The van der Waals surface area contributed by atoms with Crippen LogP contribution < -0.4 is 14.4 Å². The Labute approximate surface area is 191 Å². The Morgan fingerprint density at radius 1 is 1.03 bits per heavy atom. The van der Waals surface area contributed by atoms with Crippen LogP contribution in [0.4, 0.5) is 18.9 Å². The summed E-state index contributed by atoms with van der Waals surface area (Å²) < 4.78 is 52.2. The maximum atomic E-state index is 13.9. The molecule has 0 radical (unpaired) electrons. The summed E-state index contributed by atoms with van der Waals surface area (Å²) in [4.78, 5) is 16.7. The molecule has 2 heterocycles. The predicted molar refractivity (Wildman–Crippen MR) is 120 cm³/mol. The van der Waals surface area contributed by atoms with Gasteiger partial charge in [-0.2, -0.15) is 0 Å². The Morgan fingerprint density at radius 2 is 1.82 bits per heavy atom. The highest BCUT2D eigenvalue weighted by molar-refractivity contribution is 6.05. The summed E-state index contributed by atoms with van der Waals surface area (Å²) in [5, 5.41) is 0. The van der Waals surface area contributed by atoms with E-state index in [4.69, 9.17) is 9.47 Å². The fourth-order valence-electron chi connectivity index (χ4n) is 4.31. The number of nitrogens with zero attached hydrogens (tertiary/aromatic N) is 2. The third-order valence-corrected chi connectivity index (χ3v) is 6.07. The molecule has 2 aromatic carbocycles. The number of hydrogen-bond donors (Lipinski definition) is 0. The van der Waals surface area contributed by atoms with E-state index in [0.717, 1.165) is 43.4 Å². The molecule has 5 nitrogen and oxygen atoms in total.